The maximum Gasteiger partial charge on any atom is 0.335 e. The van der Waals surface area contributed by atoms with Gasteiger partial charge in [0.1, 0.15) is 0 Å². The summed E-state index contributed by atoms with van der Waals surface area (Å²) >= 11 is 0. The van der Waals surface area contributed by atoms with Crippen molar-refractivity contribution in [1.29, 1.82) is 0 Å². The topological polar surface area (TPSA) is 92.4 Å². The first kappa shape index (κ1) is 13.0. The van der Waals surface area contributed by atoms with Gasteiger partial charge in [-0.3, -0.25) is 4.79 Å². The van der Waals surface area contributed by atoms with E-state index in [0.717, 1.165) is 6.42 Å². The van der Waals surface area contributed by atoms with Crippen LogP contribution in [0.2, 0.25) is 0 Å². The van der Waals surface area contributed by atoms with Crippen molar-refractivity contribution in [2.45, 2.75) is 20.3 Å². The first-order valence-corrected chi connectivity index (χ1v) is 5.39. The van der Waals surface area contributed by atoms with Crippen molar-refractivity contribution >= 4 is 23.3 Å². The third-order valence-corrected chi connectivity index (χ3v) is 2.62. The standard InChI is InChI=1S/C12H16N2O3/c1-3-7(2)11(15)14-10-5-4-8(12(16)17)6-9(10)13/h4-7H,3,13H2,1-2H3,(H,14,15)(H,16,17). The van der Waals surface area contributed by atoms with Crippen molar-refractivity contribution in [2.75, 3.05) is 11.1 Å². The van der Waals surface area contributed by atoms with E-state index in [0.29, 0.717) is 5.69 Å². The van der Waals surface area contributed by atoms with Gasteiger partial charge in [0.2, 0.25) is 5.91 Å². The van der Waals surface area contributed by atoms with Crippen LogP contribution in [0.25, 0.3) is 0 Å². The number of carboxylic acids is 1. The molecule has 17 heavy (non-hydrogen) atoms. The highest BCUT2D eigenvalue weighted by atomic mass is 16.4. The van der Waals surface area contributed by atoms with Crippen molar-refractivity contribution in [3.8, 4) is 0 Å². The lowest BCUT2D eigenvalue weighted by atomic mass is 10.1. The number of benzene rings is 1. The third kappa shape index (κ3) is 3.21. The number of carbonyl (C=O) groups is 2. The van der Waals surface area contributed by atoms with E-state index in [1.54, 1.807) is 0 Å². The molecule has 0 spiro atoms. The number of anilines is 2. The lowest BCUT2D eigenvalue weighted by Crippen LogP contribution is -2.20. The van der Waals surface area contributed by atoms with E-state index in [9.17, 15) is 9.59 Å². The normalized spacial score (nSPS) is 11.9. The van der Waals surface area contributed by atoms with Crippen molar-refractivity contribution in [3.05, 3.63) is 23.8 Å². The Hall–Kier alpha value is -2.04. The second-order valence-corrected chi connectivity index (χ2v) is 3.91. The Morgan fingerprint density at radius 1 is 1.47 bits per heavy atom. The molecular weight excluding hydrogens is 220 g/mol. The smallest absolute Gasteiger partial charge is 0.335 e. The molecule has 1 rings (SSSR count). The van der Waals surface area contributed by atoms with E-state index in [1.165, 1.54) is 18.2 Å². The maximum absolute atomic E-state index is 11.6. The Morgan fingerprint density at radius 2 is 2.12 bits per heavy atom. The minimum absolute atomic E-state index is 0.101. The molecule has 4 N–H and O–H groups in total. The minimum Gasteiger partial charge on any atom is -0.478 e. The number of carbonyl (C=O) groups excluding carboxylic acids is 1. The van der Waals surface area contributed by atoms with Crippen LogP contribution in [0.5, 0.6) is 0 Å². The largest absolute Gasteiger partial charge is 0.478 e. The predicted molar refractivity (Wildman–Crippen MR) is 65.9 cm³/mol. The predicted octanol–water partition coefficient (Wildman–Crippen LogP) is 1.95. The van der Waals surface area contributed by atoms with Gasteiger partial charge in [0.25, 0.3) is 0 Å². The fourth-order valence-electron chi connectivity index (χ4n) is 1.25. The van der Waals surface area contributed by atoms with Crippen molar-refractivity contribution in [1.82, 2.24) is 0 Å². The number of nitrogens with two attached hydrogens (primary N) is 1. The van der Waals surface area contributed by atoms with Gasteiger partial charge in [-0.15, -0.1) is 0 Å². The Kier molecular flexibility index (Phi) is 4.09. The maximum atomic E-state index is 11.6. The molecule has 1 aromatic rings. The summed E-state index contributed by atoms with van der Waals surface area (Å²) in [6.45, 7) is 3.73. The van der Waals surface area contributed by atoms with E-state index >= 15 is 0 Å². The van der Waals surface area contributed by atoms with Crippen LogP contribution in [0.4, 0.5) is 11.4 Å². The van der Waals surface area contributed by atoms with Crippen LogP contribution in [0.3, 0.4) is 0 Å². The second-order valence-electron chi connectivity index (χ2n) is 3.91. The molecule has 0 heterocycles. The molecule has 0 aromatic heterocycles. The highest BCUT2D eigenvalue weighted by Crippen LogP contribution is 2.21. The van der Waals surface area contributed by atoms with E-state index in [4.69, 9.17) is 10.8 Å². The van der Waals surface area contributed by atoms with Crippen molar-refractivity contribution < 1.29 is 14.7 Å². The Bertz CT molecular complexity index is 443. The molecule has 5 heteroatoms. The summed E-state index contributed by atoms with van der Waals surface area (Å²) in [5.41, 5.74) is 6.47. The molecule has 0 saturated heterocycles. The number of rotatable bonds is 4. The summed E-state index contributed by atoms with van der Waals surface area (Å²) in [5, 5.41) is 11.4. The van der Waals surface area contributed by atoms with Gasteiger partial charge in [0.15, 0.2) is 0 Å². The van der Waals surface area contributed by atoms with Gasteiger partial charge in [-0.05, 0) is 24.6 Å². The summed E-state index contributed by atoms with van der Waals surface area (Å²) in [7, 11) is 0. The highest BCUT2D eigenvalue weighted by Gasteiger charge is 2.13. The molecule has 0 aliphatic rings. The molecular formula is C12H16N2O3. The van der Waals surface area contributed by atoms with Gasteiger partial charge < -0.3 is 16.2 Å². The number of nitrogens with one attached hydrogen (secondary N) is 1. The average molecular weight is 236 g/mol. The lowest BCUT2D eigenvalue weighted by Gasteiger charge is -2.12. The van der Waals surface area contributed by atoms with Crippen LogP contribution in [0, 0.1) is 5.92 Å². The molecule has 0 fully saturated rings. The Balaban J connectivity index is 2.86. The molecule has 0 aliphatic carbocycles. The summed E-state index contributed by atoms with van der Waals surface area (Å²) < 4.78 is 0. The second kappa shape index (κ2) is 5.34. The monoisotopic (exact) mass is 236 g/mol. The lowest BCUT2D eigenvalue weighted by molar-refractivity contribution is -0.119. The van der Waals surface area contributed by atoms with E-state index in [2.05, 4.69) is 5.32 Å². The molecule has 5 nitrogen and oxygen atoms in total. The van der Waals surface area contributed by atoms with Gasteiger partial charge in [-0.2, -0.15) is 0 Å². The Morgan fingerprint density at radius 3 is 2.59 bits per heavy atom. The van der Waals surface area contributed by atoms with Crippen LogP contribution >= 0.6 is 0 Å². The summed E-state index contributed by atoms with van der Waals surface area (Å²) in [4.78, 5) is 22.3. The first-order chi connectivity index (χ1) is 7.95. The number of amides is 1. The van der Waals surface area contributed by atoms with Gasteiger partial charge in [-0.25, -0.2) is 4.79 Å². The fraction of sp³-hybridized carbons (Fsp3) is 0.333. The van der Waals surface area contributed by atoms with Crippen LogP contribution in [0.15, 0.2) is 18.2 Å². The summed E-state index contributed by atoms with van der Waals surface area (Å²) in [6.07, 6.45) is 0.735. The quantitative estimate of drug-likeness (QED) is 0.696. The van der Waals surface area contributed by atoms with Crippen LogP contribution in [-0.4, -0.2) is 17.0 Å². The number of hydrogen-bond acceptors (Lipinski definition) is 3. The van der Waals surface area contributed by atoms with Crippen molar-refractivity contribution in [3.63, 3.8) is 0 Å². The number of carboxylic acid groups (broad SMARTS) is 1. The molecule has 0 radical (unpaired) electrons. The molecule has 1 aromatic carbocycles. The first-order valence-electron chi connectivity index (χ1n) is 5.39. The van der Waals surface area contributed by atoms with E-state index in [-0.39, 0.29) is 23.1 Å². The van der Waals surface area contributed by atoms with Gasteiger partial charge in [0, 0.05) is 5.92 Å². The van der Waals surface area contributed by atoms with Gasteiger partial charge >= 0.3 is 5.97 Å². The van der Waals surface area contributed by atoms with Gasteiger partial charge in [0.05, 0.1) is 16.9 Å². The zero-order valence-corrected chi connectivity index (χ0v) is 9.86. The number of aromatic carboxylic acids is 1. The average Bonchev–Trinajstić information content (AvgIpc) is 2.30. The molecule has 1 unspecified atom stereocenters. The van der Waals surface area contributed by atoms with E-state index in [1.807, 2.05) is 13.8 Å². The number of nitrogen functional groups attached to an aromatic ring is 1. The van der Waals surface area contributed by atoms with Crippen LogP contribution < -0.4 is 11.1 Å². The Labute approximate surface area is 99.6 Å². The van der Waals surface area contributed by atoms with E-state index < -0.39 is 5.97 Å². The molecule has 0 bridgehead atoms. The molecule has 1 atom stereocenters. The third-order valence-electron chi connectivity index (χ3n) is 2.62. The summed E-state index contributed by atoms with van der Waals surface area (Å²) in [5.74, 6) is -1.27. The number of hydrogen-bond donors (Lipinski definition) is 3. The zero-order chi connectivity index (χ0) is 13.0. The summed E-state index contributed by atoms with van der Waals surface area (Å²) in [6, 6.07) is 4.23. The SMILES string of the molecule is CCC(C)C(=O)Nc1ccc(C(=O)O)cc1N. The molecule has 0 aliphatic heterocycles. The van der Waals surface area contributed by atoms with Crippen LogP contribution in [-0.2, 0) is 4.79 Å². The highest BCUT2D eigenvalue weighted by molar-refractivity contribution is 5.97. The zero-order valence-electron chi connectivity index (χ0n) is 9.86. The molecule has 0 saturated carbocycles. The van der Waals surface area contributed by atoms with Crippen LogP contribution in [0.1, 0.15) is 30.6 Å². The molecule has 92 valence electrons. The van der Waals surface area contributed by atoms with Crippen molar-refractivity contribution in [2.24, 2.45) is 5.92 Å². The minimum atomic E-state index is -1.04. The fourth-order valence-corrected chi connectivity index (χ4v) is 1.25. The van der Waals surface area contributed by atoms with Gasteiger partial charge in [-0.1, -0.05) is 13.8 Å². The molecule has 1 amide bonds.